The molecule has 0 aliphatic rings. The number of aromatic nitrogens is 1. The standard InChI is InChI=1S/C16H15F2N3O2/c1-10-3-4-14(23-16(17)18)13(9-10)11(2)20-21-15(22)12-5-7-19-8-6-12/h3-9,16H,1-2H3,(H,21,22)/b20-11-. The number of pyridine rings is 1. The van der Waals surface area contributed by atoms with Gasteiger partial charge in [0, 0.05) is 23.5 Å². The molecule has 0 saturated heterocycles. The predicted molar refractivity (Wildman–Crippen MR) is 81.7 cm³/mol. The molecule has 0 aliphatic carbocycles. The van der Waals surface area contributed by atoms with E-state index >= 15 is 0 Å². The van der Waals surface area contributed by atoms with Crippen molar-refractivity contribution < 1.29 is 18.3 Å². The van der Waals surface area contributed by atoms with E-state index in [-0.39, 0.29) is 5.75 Å². The number of amides is 1. The molecule has 0 saturated carbocycles. The normalized spacial score (nSPS) is 11.4. The summed E-state index contributed by atoms with van der Waals surface area (Å²) >= 11 is 0. The molecule has 1 aromatic carbocycles. The number of benzene rings is 1. The molecule has 1 heterocycles. The molecule has 0 aliphatic heterocycles. The smallest absolute Gasteiger partial charge is 0.387 e. The zero-order valence-electron chi connectivity index (χ0n) is 12.6. The van der Waals surface area contributed by atoms with Crippen LogP contribution in [0, 0.1) is 6.92 Å². The Morgan fingerprint density at radius 1 is 1.26 bits per heavy atom. The Hall–Kier alpha value is -2.83. The fraction of sp³-hybridized carbons (Fsp3) is 0.188. The van der Waals surface area contributed by atoms with E-state index in [1.54, 1.807) is 19.1 Å². The molecule has 1 N–H and O–H groups in total. The zero-order valence-corrected chi connectivity index (χ0v) is 12.6. The summed E-state index contributed by atoms with van der Waals surface area (Å²) in [5.41, 5.74) is 4.37. The number of halogens is 2. The maximum Gasteiger partial charge on any atom is 0.387 e. The highest BCUT2D eigenvalue weighted by Crippen LogP contribution is 2.22. The van der Waals surface area contributed by atoms with Gasteiger partial charge >= 0.3 is 6.61 Å². The molecule has 0 radical (unpaired) electrons. The Bertz CT molecular complexity index is 719. The average molecular weight is 319 g/mol. The zero-order chi connectivity index (χ0) is 16.8. The van der Waals surface area contributed by atoms with Crippen LogP contribution in [-0.4, -0.2) is 23.2 Å². The second kappa shape index (κ2) is 7.44. The van der Waals surface area contributed by atoms with Gasteiger partial charge in [0.2, 0.25) is 0 Å². The number of carbonyl (C=O) groups excluding carboxylic acids is 1. The summed E-state index contributed by atoms with van der Waals surface area (Å²) in [6.07, 6.45) is 2.97. The van der Waals surface area contributed by atoms with Gasteiger partial charge in [-0.1, -0.05) is 11.6 Å². The Kier molecular flexibility index (Phi) is 5.35. The molecule has 0 fully saturated rings. The molecule has 0 spiro atoms. The summed E-state index contributed by atoms with van der Waals surface area (Å²) in [4.78, 5) is 15.7. The number of alkyl halides is 2. The average Bonchev–Trinajstić information content (AvgIpc) is 2.54. The van der Waals surface area contributed by atoms with Crippen LogP contribution in [0.3, 0.4) is 0 Å². The van der Waals surface area contributed by atoms with Gasteiger partial charge in [-0.25, -0.2) is 5.43 Å². The van der Waals surface area contributed by atoms with Crippen LogP contribution in [0.2, 0.25) is 0 Å². The number of hydrazone groups is 1. The van der Waals surface area contributed by atoms with Crippen molar-refractivity contribution in [2.75, 3.05) is 0 Å². The van der Waals surface area contributed by atoms with Crippen LogP contribution in [0.5, 0.6) is 5.75 Å². The van der Waals surface area contributed by atoms with E-state index in [9.17, 15) is 13.6 Å². The molecule has 1 aromatic heterocycles. The second-order valence-electron chi connectivity index (χ2n) is 4.75. The SMILES string of the molecule is C/C(=N/NC(=O)c1ccncc1)c1cc(C)ccc1OC(F)F. The molecule has 23 heavy (non-hydrogen) atoms. The fourth-order valence-electron chi connectivity index (χ4n) is 1.89. The molecular weight excluding hydrogens is 304 g/mol. The first-order valence-corrected chi connectivity index (χ1v) is 6.78. The van der Waals surface area contributed by atoms with E-state index in [1.165, 1.54) is 30.6 Å². The molecular formula is C16H15F2N3O2. The maximum absolute atomic E-state index is 12.5. The third-order valence-corrected chi connectivity index (χ3v) is 3.01. The quantitative estimate of drug-likeness (QED) is 0.680. The van der Waals surface area contributed by atoms with Crippen molar-refractivity contribution in [1.29, 1.82) is 0 Å². The van der Waals surface area contributed by atoms with Crippen molar-refractivity contribution in [2.24, 2.45) is 5.10 Å². The van der Waals surface area contributed by atoms with Gasteiger partial charge in [-0.2, -0.15) is 13.9 Å². The molecule has 2 aromatic rings. The van der Waals surface area contributed by atoms with Crippen molar-refractivity contribution in [3.8, 4) is 5.75 Å². The Morgan fingerprint density at radius 3 is 2.61 bits per heavy atom. The lowest BCUT2D eigenvalue weighted by atomic mass is 10.1. The lowest BCUT2D eigenvalue weighted by molar-refractivity contribution is -0.0499. The van der Waals surface area contributed by atoms with Crippen LogP contribution in [0.15, 0.2) is 47.8 Å². The van der Waals surface area contributed by atoms with Crippen LogP contribution < -0.4 is 10.2 Å². The van der Waals surface area contributed by atoms with Crippen molar-refractivity contribution in [2.45, 2.75) is 20.5 Å². The first-order chi connectivity index (χ1) is 11.0. The highest BCUT2D eigenvalue weighted by atomic mass is 19.3. The summed E-state index contributed by atoms with van der Waals surface area (Å²) in [6, 6.07) is 7.84. The van der Waals surface area contributed by atoms with E-state index in [4.69, 9.17) is 0 Å². The first-order valence-electron chi connectivity index (χ1n) is 6.78. The Balaban J connectivity index is 2.20. The Labute approximate surface area is 132 Å². The highest BCUT2D eigenvalue weighted by molar-refractivity contribution is 6.02. The molecule has 1 amide bonds. The van der Waals surface area contributed by atoms with E-state index in [0.717, 1.165) is 5.56 Å². The molecule has 0 unspecified atom stereocenters. The van der Waals surface area contributed by atoms with Crippen LogP contribution in [0.4, 0.5) is 8.78 Å². The number of carbonyl (C=O) groups is 1. The van der Waals surface area contributed by atoms with Gasteiger partial charge in [0.1, 0.15) is 5.75 Å². The lowest BCUT2D eigenvalue weighted by Crippen LogP contribution is -2.19. The monoisotopic (exact) mass is 319 g/mol. The molecule has 2 rings (SSSR count). The number of nitrogens with zero attached hydrogens (tertiary/aromatic N) is 2. The fourth-order valence-corrected chi connectivity index (χ4v) is 1.89. The number of aryl methyl sites for hydroxylation is 1. The van der Waals surface area contributed by atoms with Crippen molar-refractivity contribution >= 4 is 11.6 Å². The van der Waals surface area contributed by atoms with E-state index in [0.29, 0.717) is 16.8 Å². The predicted octanol–water partition coefficient (Wildman–Crippen LogP) is 3.15. The molecule has 0 bridgehead atoms. The summed E-state index contributed by atoms with van der Waals surface area (Å²) in [7, 11) is 0. The number of hydrogen-bond donors (Lipinski definition) is 1. The maximum atomic E-state index is 12.5. The van der Waals surface area contributed by atoms with Gasteiger partial charge in [-0.05, 0) is 38.1 Å². The van der Waals surface area contributed by atoms with E-state index in [1.807, 2.05) is 6.92 Å². The van der Waals surface area contributed by atoms with Crippen LogP contribution in [0.1, 0.15) is 28.4 Å². The van der Waals surface area contributed by atoms with Gasteiger partial charge in [0.25, 0.3) is 5.91 Å². The number of ether oxygens (including phenoxy) is 1. The van der Waals surface area contributed by atoms with E-state index < -0.39 is 12.5 Å². The molecule has 0 atom stereocenters. The van der Waals surface area contributed by atoms with Crippen LogP contribution >= 0.6 is 0 Å². The molecule has 7 heteroatoms. The number of nitrogens with one attached hydrogen (secondary N) is 1. The van der Waals surface area contributed by atoms with Crippen molar-refractivity contribution in [1.82, 2.24) is 10.4 Å². The first kappa shape index (κ1) is 16.5. The number of rotatable bonds is 5. The third kappa shape index (κ3) is 4.57. The van der Waals surface area contributed by atoms with Gasteiger partial charge in [-0.3, -0.25) is 9.78 Å². The summed E-state index contributed by atoms with van der Waals surface area (Å²) in [5.74, 6) is -0.416. The summed E-state index contributed by atoms with van der Waals surface area (Å²) < 4.78 is 29.4. The lowest BCUT2D eigenvalue weighted by Gasteiger charge is -2.11. The van der Waals surface area contributed by atoms with Gasteiger partial charge in [0.15, 0.2) is 0 Å². The minimum atomic E-state index is -2.93. The summed E-state index contributed by atoms with van der Waals surface area (Å²) in [5, 5.41) is 3.95. The highest BCUT2D eigenvalue weighted by Gasteiger charge is 2.12. The minimum Gasteiger partial charge on any atom is -0.434 e. The minimum absolute atomic E-state index is 0.00464. The van der Waals surface area contributed by atoms with Crippen molar-refractivity contribution in [3.05, 3.63) is 59.4 Å². The van der Waals surface area contributed by atoms with Gasteiger partial charge in [-0.15, -0.1) is 0 Å². The van der Waals surface area contributed by atoms with Crippen molar-refractivity contribution in [3.63, 3.8) is 0 Å². The molecule has 120 valence electrons. The van der Waals surface area contributed by atoms with Gasteiger partial charge in [0.05, 0.1) is 5.71 Å². The van der Waals surface area contributed by atoms with Crippen LogP contribution in [0.25, 0.3) is 0 Å². The topological polar surface area (TPSA) is 63.6 Å². The largest absolute Gasteiger partial charge is 0.434 e. The molecule has 5 nitrogen and oxygen atoms in total. The Morgan fingerprint density at radius 2 is 1.96 bits per heavy atom. The number of hydrogen-bond acceptors (Lipinski definition) is 4. The third-order valence-electron chi connectivity index (χ3n) is 3.01. The van der Waals surface area contributed by atoms with E-state index in [2.05, 4.69) is 20.2 Å². The van der Waals surface area contributed by atoms with Gasteiger partial charge < -0.3 is 4.74 Å². The second-order valence-corrected chi connectivity index (χ2v) is 4.75. The van der Waals surface area contributed by atoms with Crippen LogP contribution in [-0.2, 0) is 0 Å². The summed E-state index contributed by atoms with van der Waals surface area (Å²) in [6.45, 7) is 0.481.